The van der Waals surface area contributed by atoms with Crippen LogP contribution < -0.4 is 9.47 Å². The predicted molar refractivity (Wildman–Crippen MR) is 175 cm³/mol. The minimum atomic E-state index is -2.86. The SMILES string of the molecule is COc1ccccc1C1=N/C(=C(/c2ccccc2)c2c3ccccc3c(-c3ccccc3OC)n2B(F)F)c2ccccc21. The van der Waals surface area contributed by atoms with Gasteiger partial charge in [0, 0.05) is 38.6 Å². The van der Waals surface area contributed by atoms with Gasteiger partial charge in [0.2, 0.25) is 0 Å². The average molecular weight is 580 g/mol. The number of halogens is 2. The number of aliphatic imine (C=N–C) groups is 1. The van der Waals surface area contributed by atoms with E-state index in [0.717, 1.165) is 32.4 Å². The van der Waals surface area contributed by atoms with E-state index >= 15 is 8.63 Å². The van der Waals surface area contributed by atoms with Gasteiger partial charge >= 0.3 is 7.40 Å². The summed E-state index contributed by atoms with van der Waals surface area (Å²) in [5.74, 6) is 1.20. The normalized spacial score (nSPS) is 13.4. The highest BCUT2D eigenvalue weighted by Crippen LogP contribution is 2.47. The third-order valence-corrected chi connectivity index (χ3v) is 8.04. The van der Waals surface area contributed by atoms with Crippen LogP contribution in [0.2, 0.25) is 0 Å². The topological polar surface area (TPSA) is 35.8 Å². The Bertz CT molecular complexity index is 2080. The monoisotopic (exact) mass is 580 g/mol. The molecule has 7 heteroatoms. The van der Waals surface area contributed by atoms with Crippen LogP contribution in [0.25, 0.3) is 33.3 Å². The molecule has 0 fully saturated rings. The molecule has 214 valence electrons. The number of rotatable bonds is 7. The maximum Gasteiger partial charge on any atom is 0.678 e. The first-order valence-electron chi connectivity index (χ1n) is 14.3. The van der Waals surface area contributed by atoms with Crippen molar-refractivity contribution in [2.45, 2.75) is 0 Å². The van der Waals surface area contributed by atoms with Crippen molar-refractivity contribution in [1.82, 2.24) is 4.48 Å². The van der Waals surface area contributed by atoms with Crippen molar-refractivity contribution in [3.8, 4) is 22.8 Å². The third-order valence-electron chi connectivity index (χ3n) is 8.04. The zero-order valence-corrected chi connectivity index (χ0v) is 24.2. The van der Waals surface area contributed by atoms with Gasteiger partial charge in [0.05, 0.1) is 37.0 Å². The van der Waals surface area contributed by atoms with Crippen molar-refractivity contribution in [1.29, 1.82) is 0 Å². The molecule has 0 bridgehead atoms. The smallest absolute Gasteiger partial charge is 0.496 e. The molecule has 6 aromatic rings. The van der Waals surface area contributed by atoms with Crippen molar-refractivity contribution < 1.29 is 18.1 Å². The number of ether oxygens (including phenoxy) is 2. The summed E-state index contributed by atoms with van der Waals surface area (Å²) >= 11 is 0. The number of hydrogen-bond acceptors (Lipinski definition) is 3. The van der Waals surface area contributed by atoms with Crippen LogP contribution in [0.15, 0.2) is 132 Å². The van der Waals surface area contributed by atoms with Gasteiger partial charge in [-0.2, -0.15) is 0 Å². The second-order valence-corrected chi connectivity index (χ2v) is 10.4. The van der Waals surface area contributed by atoms with Crippen LogP contribution in [0.4, 0.5) is 8.63 Å². The molecule has 0 radical (unpaired) electrons. The Morgan fingerprint density at radius 1 is 0.591 bits per heavy atom. The van der Waals surface area contributed by atoms with Crippen molar-refractivity contribution >= 4 is 35.2 Å². The molecule has 0 saturated carbocycles. The Balaban J connectivity index is 1.65. The molecule has 0 atom stereocenters. The molecule has 0 unspecified atom stereocenters. The first kappa shape index (κ1) is 27.4. The van der Waals surface area contributed by atoms with Gasteiger partial charge in [-0.1, -0.05) is 103 Å². The van der Waals surface area contributed by atoms with Crippen molar-refractivity contribution in [2.75, 3.05) is 14.2 Å². The summed E-state index contributed by atoms with van der Waals surface area (Å²) in [6.45, 7) is 0. The largest absolute Gasteiger partial charge is 0.678 e. The highest BCUT2D eigenvalue weighted by atomic mass is 19.2. The summed E-state index contributed by atoms with van der Waals surface area (Å²) in [5, 5.41) is 1.39. The molecule has 0 saturated heterocycles. The fourth-order valence-corrected chi connectivity index (χ4v) is 6.19. The van der Waals surface area contributed by atoms with Crippen molar-refractivity contribution in [2.24, 2.45) is 4.99 Å². The van der Waals surface area contributed by atoms with E-state index in [9.17, 15) is 0 Å². The molecular weight excluding hydrogens is 553 g/mol. The van der Waals surface area contributed by atoms with Crippen LogP contribution in [0.3, 0.4) is 0 Å². The zero-order valence-electron chi connectivity index (χ0n) is 24.2. The van der Waals surface area contributed by atoms with E-state index in [1.54, 1.807) is 20.3 Å². The molecule has 44 heavy (non-hydrogen) atoms. The fourth-order valence-electron chi connectivity index (χ4n) is 6.19. The molecule has 1 aliphatic heterocycles. The zero-order chi connectivity index (χ0) is 30.2. The van der Waals surface area contributed by atoms with Crippen molar-refractivity contribution in [3.63, 3.8) is 0 Å². The van der Waals surface area contributed by atoms with E-state index in [1.165, 1.54) is 0 Å². The van der Waals surface area contributed by atoms with Gasteiger partial charge in [0.1, 0.15) is 11.5 Å². The molecule has 1 aromatic heterocycles. The van der Waals surface area contributed by atoms with Crippen LogP contribution in [0, 0.1) is 0 Å². The molecular formula is C37H27BF2N2O2. The molecule has 0 N–H and O–H groups in total. The quantitative estimate of drug-likeness (QED) is 0.177. The first-order chi connectivity index (χ1) is 21.6. The van der Waals surface area contributed by atoms with E-state index in [2.05, 4.69) is 0 Å². The Labute approximate surface area is 254 Å². The summed E-state index contributed by atoms with van der Waals surface area (Å²) < 4.78 is 43.7. The van der Waals surface area contributed by atoms with Crippen LogP contribution in [0.5, 0.6) is 11.5 Å². The summed E-state index contributed by atoms with van der Waals surface area (Å²) in [7, 11) is 0.331. The summed E-state index contributed by atoms with van der Waals surface area (Å²) in [5.41, 5.74) is 6.68. The molecule has 4 nitrogen and oxygen atoms in total. The molecule has 0 spiro atoms. The molecule has 7 rings (SSSR count). The number of aromatic nitrogens is 1. The van der Waals surface area contributed by atoms with Gasteiger partial charge in [-0.3, -0.25) is 8.63 Å². The Morgan fingerprint density at radius 2 is 1.11 bits per heavy atom. The summed E-state index contributed by atoms with van der Waals surface area (Å²) in [6, 6.07) is 40.1. The molecule has 0 amide bonds. The van der Waals surface area contributed by atoms with Crippen LogP contribution in [-0.4, -0.2) is 31.8 Å². The Morgan fingerprint density at radius 3 is 1.77 bits per heavy atom. The highest BCUT2D eigenvalue weighted by molar-refractivity contribution is 6.44. The van der Waals surface area contributed by atoms with Gasteiger partial charge in [0.25, 0.3) is 0 Å². The lowest BCUT2D eigenvalue weighted by molar-refractivity contribution is 0.414. The van der Waals surface area contributed by atoms with Gasteiger partial charge in [-0.15, -0.1) is 0 Å². The lowest BCUT2D eigenvalue weighted by atomic mass is 9.92. The number of nitrogens with zero attached hydrogens (tertiary/aromatic N) is 2. The lowest BCUT2D eigenvalue weighted by Gasteiger charge is -2.17. The number of hydrogen-bond donors (Lipinski definition) is 0. The molecule has 1 aliphatic rings. The predicted octanol–water partition coefficient (Wildman–Crippen LogP) is 8.87. The second kappa shape index (κ2) is 11.3. The van der Waals surface area contributed by atoms with E-state index in [1.807, 2.05) is 121 Å². The fraction of sp³-hybridized carbons (Fsp3) is 0.0541. The van der Waals surface area contributed by atoms with E-state index < -0.39 is 7.40 Å². The average Bonchev–Trinajstić information content (AvgIpc) is 3.62. The summed E-state index contributed by atoms with van der Waals surface area (Å²) in [6.07, 6.45) is 0. The first-order valence-corrected chi connectivity index (χ1v) is 14.3. The Hall–Kier alpha value is -5.43. The summed E-state index contributed by atoms with van der Waals surface area (Å²) in [4.78, 5) is 5.24. The minimum Gasteiger partial charge on any atom is -0.496 e. The van der Waals surface area contributed by atoms with Gasteiger partial charge in [-0.25, -0.2) is 4.99 Å². The second-order valence-electron chi connectivity index (χ2n) is 10.4. The lowest BCUT2D eigenvalue weighted by Crippen LogP contribution is -2.18. The Kier molecular flexibility index (Phi) is 7.06. The minimum absolute atomic E-state index is 0.386. The van der Waals surface area contributed by atoms with Crippen LogP contribution in [0.1, 0.15) is 27.9 Å². The number of fused-ring (bicyclic) bond motifs is 2. The molecule has 0 aliphatic carbocycles. The van der Waals surface area contributed by atoms with E-state index in [4.69, 9.17) is 14.5 Å². The number of para-hydroxylation sites is 2. The maximum atomic E-state index is 15.6. The van der Waals surface area contributed by atoms with Crippen LogP contribution in [-0.2, 0) is 0 Å². The van der Waals surface area contributed by atoms with Gasteiger partial charge < -0.3 is 14.0 Å². The van der Waals surface area contributed by atoms with Crippen LogP contribution >= 0.6 is 0 Å². The third kappa shape index (κ3) is 4.40. The van der Waals surface area contributed by atoms with Gasteiger partial charge in [-0.05, 0) is 29.8 Å². The highest BCUT2D eigenvalue weighted by Gasteiger charge is 2.34. The van der Waals surface area contributed by atoms with E-state index in [0.29, 0.717) is 50.5 Å². The molecule has 2 heterocycles. The number of methoxy groups -OCH3 is 2. The molecule has 5 aromatic carbocycles. The maximum absolute atomic E-state index is 15.6. The van der Waals surface area contributed by atoms with Crippen molar-refractivity contribution in [3.05, 3.63) is 155 Å². The standard InChI is InChI=1S/C37H27BF2N2O2/c1-43-31-22-12-10-20-29(31)34-25-16-6-7-17-26(25)35(41-34)33(24-14-4-3-5-15-24)37-28-19-9-8-18-27(28)36(42(37)38(39)40)30-21-11-13-23-32(30)44-2/h3-23H,1-2H3/b35-33-. The van der Waals surface area contributed by atoms with Gasteiger partial charge in [0.15, 0.2) is 0 Å². The number of benzene rings is 5. The van der Waals surface area contributed by atoms with E-state index in [-0.39, 0.29) is 0 Å².